The summed E-state index contributed by atoms with van der Waals surface area (Å²) in [5.41, 5.74) is 3.45. The molecule has 0 radical (unpaired) electrons. The van der Waals surface area contributed by atoms with Gasteiger partial charge in [0.25, 0.3) is 0 Å². The Morgan fingerprint density at radius 1 is 0.765 bits per heavy atom. The van der Waals surface area contributed by atoms with Gasteiger partial charge in [0.15, 0.2) is 11.5 Å². The summed E-state index contributed by atoms with van der Waals surface area (Å²) in [5.74, 6) is 1.50. The minimum absolute atomic E-state index is 0.281. The highest BCUT2D eigenvalue weighted by Gasteiger charge is 2.30. The molecule has 3 nitrogen and oxygen atoms in total. The molecular weight excluding hydrogens is 437 g/mol. The third-order valence-electron chi connectivity index (χ3n) is 5.54. The summed E-state index contributed by atoms with van der Waals surface area (Å²) in [6.07, 6.45) is -2.75. The van der Waals surface area contributed by atoms with E-state index in [0.717, 1.165) is 46.3 Å². The van der Waals surface area contributed by atoms with E-state index in [4.69, 9.17) is 4.74 Å². The van der Waals surface area contributed by atoms with E-state index in [1.165, 1.54) is 12.1 Å². The first kappa shape index (κ1) is 21.4. The number of nitrogens with zero attached hydrogens (tertiary/aromatic N) is 2. The number of benzene rings is 4. The van der Waals surface area contributed by atoms with E-state index in [1.807, 2.05) is 72.8 Å². The number of allylic oxidation sites excluding steroid dienone is 1. The molecule has 1 heterocycles. The van der Waals surface area contributed by atoms with E-state index in [9.17, 15) is 18.4 Å². The van der Waals surface area contributed by atoms with Crippen molar-refractivity contribution < 1.29 is 17.9 Å². The molecule has 0 spiro atoms. The smallest absolute Gasteiger partial charge is 0.416 e. The Morgan fingerprint density at radius 2 is 1.32 bits per heavy atom. The van der Waals surface area contributed by atoms with E-state index in [-0.39, 0.29) is 5.57 Å². The highest BCUT2D eigenvalue weighted by atomic mass is 19.4. The molecule has 0 unspecified atom stereocenters. The van der Waals surface area contributed by atoms with Crippen molar-refractivity contribution in [3.05, 3.63) is 114 Å². The van der Waals surface area contributed by atoms with E-state index in [1.54, 1.807) is 6.08 Å². The van der Waals surface area contributed by atoms with Gasteiger partial charge in [-0.25, -0.2) is 0 Å². The largest absolute Gasteiger partial charge is 0.453 e. The molecule has 6 heteroatoms. The van der Waals surface area contributed by atoms with Crippen LogP contribution in [0.4, 0.5) is 30.2 Å². The number of anilines is 3. The maximum absolute atomic E-state index is 12.8. The van der Waals surface area contributed by atoms with Crippen molar-refractivity contribution in [2.45, 2.75) is 6.18 Å². The van der Waals surface area contributed by atoms with Gasteiger partial charge < -0.3 is 9.64 Å². The van der Waals surface area contributed by atoms with E-state index >= 15 is 0 Å². The quantitative estimate of drug-likeness (QED) is 0.203. The number of rotatable bonds is 3. The summed E-state index contributed by atoms with van der Waals surface area (Å²) in [6, 6.07) is 29.8. The lowest BCUT2D eigenvalue weighted by molar-refractivity contribution is -0.137. The zero-order chi connectivity index (χ0) is 23.7. The van der Waals surface area contributed by atoms with Crippen LogP contribution in [0.2, 0.25) is 0 Å². The lowest BCUT2D eigenvalue weighted by Gasteiger charge is -2.32. The third-order valence-corrected chi connectivity index (χ3v) is 5.54. The van der Waals surface area contributed by atoms with Crippen LogP contribution >= 0.6 is 0 Å². The number of para-hydroxylation sites is 4. The molecular formula is C28H17F3N2O. The first-order valence-corrected chi connectivity index (χ1v) is 10.5. The van der Waals surface area contributed by atoms with Crippen molar-refractivity contribution in [2.24, 2.45) is 0 Å². The Labute approximate surface area is 194 Å². The summed E-state index contributed by atoms with van der Waals surface area (Å²) in [5, 5.41) is 9.58. The molecule has 0 saturated carbocycles. The highest BCUT2D eigenvalue weighted by molar-refractivity contribution is 5.90. The molecule has 0 aliphatic carbocycles. The predicted octanol–water partition coefficient (Wildman–Crippen LogP) is 8.35. The molecule has 166 valence electrons. The van der Waals surface area contributed by atoms with Gasteiger partial charge in [0.05, 0.1) is 28.6 Å². The van der Waals surface area contributed by atoms with E-state index in [0.29, 0.717) is 5.56 Å². The lowest BCUT2D eigenvalue weighted by Crippen LogP contribution is -2.15. The predicted molar refractivity (Wildman–Crippen MR) is 126 cm³/mol. The van der Waals surface area contributed by atoms with Crippen LogP contribution in [-0.4, -0.2) is 0 Å². The second kappa shape index (κ2) is 8.45. The average molecular weight is 454 g/mol. The molecule has 0 N–H and O–H groups in total. The van der Waals surface area contributed by atoms with Crippen molar-refractivity contribution >= 4 is 28.7 Å². The Hall–Kier alpha value is -4.50. The van der Waals surface area contributed by atoms with Gasteiger partial charge in [-0.05, 0) is 65.7 Å². The Bertz CT molecular complexity index is 1370. The van der Waals surface area contributed by atoms with Crippen molar-refractivity contribution in [1.29, 1.82) is 5.26 Å². The Balaban J connectivity index is 1.48. The van der Waals surface area contributed by atoms with Crippen molar-refractivity contribution in [1.82, 2.24) is 0 Å². The second-order valence-corrected chi connectivity index (χ2v) is 7.71. The number of fused-ring (bicyclic) bond motifs is 2. The van der Waals surface area contributed by atoms with Gasteiger partial charge in [0, 0.05) is 5.69 Å². The fourth-order valence-electron chi connectivity index (χ4n) is 3.89. The number of hydrogen-bond donors (Lipinski definition) is 0. The molecule has 0 bridgehead atoms. The Kier molecular flexibility index (Phi) is 5.31. The molecule has 4 aromatic rings. The van der Waals surface area contributed by atoms with Crippen LogP contribution in [0.15, 0.2) is 97.1 Å². The summed E-state index contributed by atoms with van der Waals surface area (Å²) >= 11 is 0. The number of ether oxygens (including phenoxy) is 1. The van der Waals surface area contributed by atoms with Gasteiger partial charge in [-0.3, -0.25) is 0 Å². The fourth-order valence-corrected chi connectivity index (χ4v) is 3.89. The zero-order valence-corrected chi connectivity index (χ0v) is 17.8. The van der Waals surface area contributed by atoms with Crippen LogP contribution in [-0.2, 0) is 6.18 Å². The monoisotopic (exact) mass is 454 g/mol. The number of nitriles is 1. The average Bonchev–Trinajstić information content (AvgIpc) is 2.86. The fraction of sp³-hybridized carbons (Fsp3) is 0.0357. The molecule has 0 fully saturated rings. The molecule has 0 amide bonds. The second-order valence-electron chi connectivity index (χ2n) is 7.71. The number of alkyl halides is 3. The molecule has 1 aliphatic heterocycles. The SMILES string of the molecule is N#C/C(=C\c1ccc(N2c3ccccc3Oc3ccccc32)cc1)c1ccc(C(F)(F)F)cc1. The number of halogens is 3. The van der Waals surface area contributed by atoms with Gasteiger partial charge in [-0.1, -0.05) is 48.5 Å². The van der Waals surface area contributed by atoms with Gasteiger partial charge in [-0.2, -0.15) is 18.4 Å². The van der Waals surface area contributed by atoms with Crippen LogP contribution < -0.4 is 9.64 Å². The number of hydrogen-bond acceptors (Lipinski definition) is 3. The van der Waals surface area contributed by atoms with Gasteiger partial charge in [0.2, 0.25) is 0 Å². The highest BCUT2D eigenvalue weighted by Crippen LogP contribution is 2.49. The third kappa shape index (κ3) is 4.00. The topological polar surface area (TPSA) is 36.3 Å². The summed E-state index contributed by atoms with van der Waals surface area (Å²) in [7, 11) is 0. The summed E-state index contributed by atoms with van der Waals surface area (Å²) < 4.78 is 44.5. The normalized spacial score (nSPS) is 12.9. The molecule has 34 heavy (non-hydrogen) atoms. The van der Waals surface area contributed by atoms with Crippen molar-refractivity contribution in [3.8, 4) is 17.6 Å². The standard InChI is InChI=1S/C28H17F3N2O/c29-28(30,31)22-13-11-20(12-14-22)21(18-32)17-19-9-15-23(16-10-19)33-24-5-1-3-7-26(24)34-27-8-4-2-6-25(27)33/h1-17H/b21-17+. The first-order chi connectivity index (χ1) is 16.4. The zero-order valence-electron chi connectivity index (χ0n) is 17.8. The molecule has 4 aromatic carbocycles. The van der Waals surface area contributed by atoms with Crippen LogP contribution in [0.25, 0.3) is 11.6 Å². The summed E-state index contributed by atoms with van der Waals surface area (Å²) in [4.78, 5) is 2.10. The van der Waals surface area contributed by atoms with E-state index in [2.05, 4.69) is 11.0 Å². The minimum atomic E-state index is -4.42. The van der Waals surface area contributed by atoms with Crippen LogP contribution in [0.5, 0.6) is 11.5 Å². The van der Waals surface area contributed by atoms with Gasteiger partial charge in [0.1, 0.15) is 0 Å². The van der Waals surface area contributed by atoms with Gasteiger partial charge >= 0.3 is 6.18 Å². The maximum atomic E-state index is 12.8. The van der Waals surface area contributed by atoms with Crippen molar-refractivity contribution in [2.75, 3.05) is 4.90 Å². The lowest BCUT2D eigenvalue weighted by atomic mass is 10.0. The molecule has 0 saturated heterocycles. The van der Waals surface area contributed by atoms with Crippen LogP contribution in [0.3, 0.4) is 0 Å². The maximum Gasteiger partial charge on any atom is 0.416 e. The molecule has 1 aliphatic rings. The molecule has 5 rings (SSSR count). The summed E-state index contributed by atoms with van der Waals surface area (Å²) in [6.45, 7) is 0. The van der Waals surface area contributed by atoms with Crippen LogP contribution in [0.1, 0.15) is 16.7 Å². The first-order valence-electron chi connectivity index (χ1n) is 10.5. The van der Waals surface area contributed by atoms with E-state index < -0.39 is 11.7 Å². The van der Waals surface area contributed by atoms with Crippen LogP contribution in [0, 0.1) is 11.3 Å². The van der Waals surface area contributed by atoms with Crippen molar-refractivity contribution in [3.63, 3.8) is 0 Å². The van der Waals surface area contributed by atoms with Gasteiger partial charge in [-0.15, -0.1) is 0 Å². The minimum Gasteiger partial charge on any atom is -0.453 e. The molecule has 0 aromatic heterocycles. The Morgan fingerprint density at radius 3 is 1.85 bits per heavy atom. The molecule has 0 atom stereocenters.